The first-order valence-corrected chi connectivity index (χ1v) is 10.5. The molecule has 0 atom stereocenters. The standard InChI is InChI=1S/C23H34N4O2/c1-23(2,3)22-19(16-27(24-22)14-18-8-6-5-7-9-18)15-26-12-10-20(11-13-26)25(4)17-21(28)29/h5-9,16,20H,10-15,17H2,1-4H3,(H,28,29). The quantitative estimate of drug-likeness (QED) is 0.776. The van der Waals surface area contributed by atoms with Crippen molar-refractivity contribution in [2.75, 3.05) is 26.7 Å². The largest absolute Gasteiger partial charge is 0.480 e. The lowest BCUT2D eigenvalue weighted by molar-refractivity contribution is -0.138. The topological polar surface area (TPSA) is 61.6 Å². The molecule has 1 aromatic carbocycles. The highest BCUT2D eigenvalue weighted by molar-refractivity contribution is 5.69. The predicted octanol–water partition coefficient (Wildman–Crippen LogP) is 3.21. The highest BCUT2D eigenvalue weighted by atomic mass is 16.4. The van der Waals surface area contributed by atoms with Crippen LogP contribution in [-0.2, 0) is 23.3 Å². The van der Waals surface area contributed by atoms with E-state index in [2.05, 4.69) is 60.8 Å². The molecular weight excluding hydrogens is 364 g/mol. The zero-order chi connectivity index (χ0) is 21.0. The molecule has 0 bridgehead atoms. The molecule has 0 saturated carbocycles. The number of carboxylic acid groups (broad SMARTS) is 1. The molecule has 2 heterocycles. The summed E-state index contributed by atoms with van der Waals surface area (Å²) in [7, 11) is 1.92. The van der Waals surface area contributed by atoms with E-state index in [1.807, 2.05) is 18.0 Å². The molecule has 0 amide bonds. The molecule has 6 nitrogen and oxygen atoms in total. The summed E-state index contributed by atoms with van der Waals surface area (Å²) in [6, 6.07) is 10.8. The molecule has 0 unspecified atom stereocenters. The third-order valence-corrected chi connectivity index (χ3v) is 5.69. The third-order valence-electron chi connectivity index (χ3n) is 5.69. The van der Waals surface area contributed by atoms with E-state index in [0.717, 1.165) is 39.0 Å². The van der Waals surface area contributed by atoms with E-state index in [1.165, 1.54) is 16.8 Å². The van der Waals surface area contributed by atoms with Crippen LogP contribution >= 0.6 is 0 Å². The van der Waals surface area contributed by atoms with Crippen molar-refractivity contribution in [3.05, 3.63) is 53.3 Å². The maximum Gasteiger partial charge on any atom is 0.317 e. The van der Waals surface area contributed by atoms with Crippen LogP contribution < -0.4 is 0 Å². The highest BCUT2D eigenvalue weighted by Gasteiger charge is 2.27. The van der Waals surface area contributed by atoms with Gasteiger partial charge in [0, 0.05) is 29.8 Å². The SMILES string of the molecule is CN(CC(=O)O)C1CCN(Cc2cn(Cc3ccccc3)nc2C(C)(C)C)CC1. The number of carboxylic acids is 1. The maximum atomic E-state index is 11.0. The molecule has 158 valence electrons. The van der Waals surface area contributed by atoms with E-state index >= 15 is 0 Å². The zero-order valence-corrected chi connectivity index (χ0v) is 18.1. The van der Waals surface area contributed by atoms with Crippen molar-refractivity contribution in [2.24, 2.45) is 0 Å². The van der Waals surface area contributed by atoms with Crippen LogP contribution in [0.2, 0.25) is 0 Å². The van der Waals surface area contributed by atoms with Crippen molar-refractivity contribution in [1.82, 2.24) is 19.6 Å². The summed E-state index contributed by atoms with van der Waals surface area (Å²) in [6.45, 7) is 10.4. The minimum absolute atomic E-state index is 0.00268. The molecule has 1 N–H and O–H groups in total. The molecule has 2 aromatic rings. The molecule has 29 heavy (non-hydrogen) atoms. The fourth-order valence-electron chi connectivity index (χ4n) is 4.16. The van der Waals surface area contributed by atoms with E-state index in [1.54, 1.807) is 0 Å². The van der Waals surface area contributed by atoms with Crippen LogP contribution in [0.15, 0.2) is 36.5 Å². The van der Waals surface area contributed by atoms with Crippen LogP contribution in [0.3, 0.4) is 0 Å². The van der Waals surface area contributed by atoms with Crippen LogP contribution in [-0.4, -0.2) is 63.4 Å². The summed E-state index contributed by atoms with van der Waals surface area (Å²) in [5, 5.41) is 13.9. The Labute approximate surface area is 174 Å². The lowest BCUT2D eigenvalue weighted by Gasteiger charge is -2.36. The van der Waals surface area contributed by atoms with Gasteiger partial charge in [0.1, 0.15) is 0 Å². The van der Waals surface area contributed by atoms with Crippen molar-refractivity contribution in [3.8, 4) is 0 Å². The fourth-order valence-corrected chi connectivity index (χ4v) is 4.16. The smallest absolute Gasteiger partial charge is 0.317 e. The Morgan fingerprint density at radius 3 is 2.41 bits per heavy atom. The number of hydrogen-bond acceptors (Lipinski definition) is 4. The van der Waals surface area contributed by atoms with Gasteiger partial charge in [0.05, 0.1) is 18.8 Å². The van der Waals surface area contributed by atoms with Crippen molar-refractivity contribution >= 4 is 5.97 Å². The average Bonchev–Trinajstić information content (AvgIpc) is 3.05. The Morgan fingerprint density at radius 2 is 1.83 bits per heavy atom. The molecule has 0 aliphatic carbocycles. The minimum Gasteiger partial charge on any atom is -0.480 e. The molecular formula is C23H34N4O2. The predicted molar refractivity (Wildman–Crippen MR) is 115 cm³/mol. The molecule has 1 saturated heterocycles. The average molecular weight is 399 g/mol. The van der Waals surface area contributed by atoms with Crippen LogP contribution in [0.1, 0.15) is 50.4 Å². The first kappa shape index (κ1) is 21.5. The number of likely N-dealkylation sites (N-methyl/N-ethyl adjacent to an activating group) is 1. The van der Waals surface area contributed by atoms with Gasteiger partial charge in [-0.2, -0.15) is 5.10 Å². The number of likely N-dealkylation sites (tertiary alicyclic amines) is 1. The van der Waals surface area contributed by atoms with Gasteiger partial charge >= 0.3 is 5.97 Å². The maximum absolute atomic E-state index is 11.0. The Balaban J connectivity index is 1.66. The second-order valence-corrected chi connectivity index (χ2v) is 9.25. The second-order valence-electron chi connectivity index (χ2n) is 9.25. The summed E-state index contributed by atoms with van der Waals surface area (Å²) in [6.07, 6.45) is 4.22. The number of carbonyl (C=O) groups is 1. The van der Waals surface area contributed by atoms with E-state index in [4.69, 9.17) is 10.2 Å². The zero-order valence-electron chi connectivity index (χ0n) is 18.1. The van der Waals surface area contributed by atoms with E-state index in [-0.39, 0.29) is 12.0 Å². The van der Waals surface area contributed by atoms with Crippen LogP contribution in [0.25, 0.3) is 0 Å². The van der Waals surface area contributed by atoms with Gasteiger partial charge in [-0.25, -0.2) is 0 Å². The lowest BCUT2D eigenvalue weighted by Crippen LogP contribution is -2.44. The first-order chi connectivity index (χ1) is 13.7. The number of rotatable bonds is 7. The monoisotopic (exact) mass is 398 g/mol. The molecule has 1 aliphatic rings. The van der Waals surface area contributed by atoms with Crippen LogP contribution in [0.5, 0.6) is 0 Å². The third kappa shape index (κ3) is 5.90. The normalized spacial score (nSPS) is 16.4. The van der Waals surface area contributed by atoms with E-state index < -0.39 is 5.97 Å². The van der Waals surface area contributed by atoms with Crippen molar-refractivity contribution in [1.29, 1.82) is 0 Å². The van der Waals surface area contributed by atoms with Gasteiger partial charge in [0.15, 0.2) is 0 Å². The van der Waals surface area contributed by atoms with Gasteiger partial charge in [-0.15, -0.1) is 0 Å². The summed E-state index contributed by atoms with van der Waals surface area (Å²) in [5.74, 6) is -0.754. The number of piperidine rings is 1. The summed E-state index contributed by atoms with van der Waals surface area (Å²) >= 11 is 0. The molecule has 3 rings (SSSR count). The summed E-state index contributed by atoms with van der Waals surface area (Å²) < 4.78 is 2.07. The summed E-state index contributed by atoms with van der Waals surface area (Å²) in [5.41, 5.74) is 3.71. The Morgan fingerprint density at radius 1 is 1.17 bits per heavy atom. The number of hydrogen-bond donors (Lipinski definition) is 1. The van der Waals surface area contributed by atoms with E-state index in [9.17, 15) is 4.79 Å². The number of aromatic nitrogens is 2. The molecule has 6 heteroatoms. The molecule has 0 spiro atoms. The van der Waals surface area contributed by atoms with Gasteiger partial charge in [0.25, 0.3) is 0 Å². The van der Waals surface area contributed by atoms with E-state index in [0.29, 0.717) is 6.04 Å². The van der Waals surface area contributed by atoms with Gasteiger partial charge < -0.3 is 5.11 Å². The van der Waals surface area contributed by atoms with Gasteiger partial charge in [-0.3, -0.25) is 19.3 Å². The van der Waals surface area contributed by atoms with Gasteiger partial charge in [-0.1, -0.05) is 51.1 Å². The van der Waals surface area contributed by atoms with Crippen LogP contribution in [0, 0.1) is 0 Å². The Bertz CT molecular complexity index is 802. The fraction of sp³-hybridized carbons (Fsp3) is 0.565. The second kappa shape index (κ2) is 9.09. The van der Waals surface area contributed by atoms with Gasteiger partial charge in [-0.05, 0) is 38.5 Å². The number of nitrogens with zero attached hydrogens (tertiary/aromatic N) is 4. The number of aliphatic carboxylic acids is 1. The molecule has 1 aromatic heterocycles. The summed E-state index contributed by atoms with van der Waals surface area (Å²) in [4.78, 5) is 15.4. The van der Waals surface area contributed by atoms with Gasteiger partial charge in [0.2, 0.25) is 0 Å². The molecule has 1 aliphatic heterocycles. The molecule has 1 fully saturated rings. The number of benzene rings is 1. The lowest BCUT2D eigenvalue weighted by atomic mass is 9.89. The Hall–Kier alpha value is -2.18. The molecule has 0 radical (unpaired) electrons. The van der Waals surface area contributed by atoms with Crippen LogP contribution in [0.4, 0.5) is 0 Å². The minimum atomic E-state index is -0.754. The first-order valence-electron chi connectivity index (χ1n) is 10.5. The Kier molecular flexibility index (Phi) is 6.75. The van der Waals surface area contributed by atoms with Crippen molar-refractivity contribution < 1.29 is 9.90 Å². The van der Waals surface area contributed by atoms with Crippen molar-refractivity contribution in [3.63, 3.8) is 0 Å². The highest BCUT2D eigenvalue weighted by Crippen LogP contribution is 2.27. The van der Waals surface area contributed by atoms with Crippen molar-refractivity contribution in [2.45, 2.75) is 58.2 Å².